The number of benzene rings is 1. The molecule has 12 heteroatoms. The largest absolute Gasteiger partial charge is 0.371 e. The molecule has 0 radical (unpaired) electrons. The molecule has 0 spiro atoms. The molecule has 3 aromatic rings. The van der Waals surface area contributed by atoms with Gasteiger partial charge in [0.15, 0.2) is 0 Å². The number of nitrogens with one attached hydrogen (secondary N) is 3. The number of nitrogens with zero attached hydrogens (tertiary/aromatic N) is 3. The highest BCUT2D eigenvalue weighted by Crippen LogP contribution is 2.51. The van der Waals surface area contributed by atoms with Crippen LogP contribution in [0.1, 0.15) is 67.2 Å². The summed E-state index contributed by atoms with van der Waals surface area (Å²) in [7, 11) is 1.43. The van der Waals surface area contributed by atoms with Crippen molar-refractivity contribution < 1.29 is 23.9 Å². The number of H-pyrrole nitrogens is 1. The van der Waals surface area contributed by atoms with Gasteiger partial charge in [-0.2, -0.15) is 5.10 Å². The number of likely N-dealkylation sites (N-methyl/N-ethyl adjacent to an activating group) is 1. The Balaban J connectivity index is 1.30. The van der Waals surface area contributed by atoms with Gasteiger partial charge in [0.2, 0.25) is 11.5 Å². The third-order valence-electron chi connectivity index (χ3n) is 8.57. The molecule has 6 rings (SSSR count). The van der Waals surface area contributed by atoms with Gasteiger partial charge in [0, 0.05) is 36.7 Å². The minimum atomic E-state index is -2.40. The molecule has 3 aliphatic rings. The minimum absolute atomic E-state index is 0.00663. The fourth-order valence-corrected chi connectivity index (χ4v) is 6.22. The Labute approximate surface area is 241 Å². The normalized spacial score (nSPS) is 20.6. The van der Waals surface area contributed by atoms with E-state index in [4.69, 9.17) is 0 Å². The zero-order valence-electron chi connectivity index (χ0n) is 23.6. The lowest BCUT2D eigenvalue weighted by atomic mass is 9.87. The molecule has 42 heavy (non-hydrogen) atoms. The molecule has 1 aliphatic heterocycles. The maximum atomic E-state index is 14.0. The van der Waals surface area contributed by atoms with Crippen LogP contribution in [0.5, 0.6) is 0 Å². The number of carbonyl (C=O) groups is 3. The number of fused-ring (bicyclic) bond motifs is 1. The highest BCUT2D eigenvalue weighted by atomic mass is 19.1. The van der Waals surface area contributed by atoms with E-state index in [0.717, 1.165) is 37.9 Å². The molecule has 2 fully saturated rings. The number of amides is 3. The second-order valence-corrected chi connectivity index (χ2v) is 11.8. The highest BCUT2D eigenvalue weighted by molar-refractivity contribution is 6.09. The summed E-state index contributed by atoms with van der Waals surface area (Å²) < 4.78 is 15.6. The van der Waals surface area contributed by atoms with Gasteiger partial charge in [-0.25, -0.2) is 4.39 Å². The molecular weight excluding hydrogens is 543 g/mol. The number of aliphatic hydroxyl groups is 1. The average Bonchev–Trinajstić information content (AvgIpc) is 3.90. The number of aromatic amines is 1. The van der Waals surface area contributed by atoms with E-state index < -0.39 is 34.5 Å². The van der Waals surface area contributed by atoms with E-state index in [2.05, 4.69) is 20.7 Å². The van der Waals surface area contributed by atoms with E-state index in [0.29, 0.717) is 23.2 Å². The number of pyridine rings is 1. The Kier molecular flexibility index (Phi) is 6.76. The Morgan fingerprint density at radius 3 is 2.43 bits per heavy atom. The fraction of sp³-hybridized carbons (Fsp3) is 0.433. The number of halogens is 1. The summed E-state index contributed by atoms with van der Waals surface area (Å²) in [6, 6.07) is 6.11. The molecule has 0 saturated heterocycles. The topological polar surface area (TPSA) is 149 Å². The van der Waals surface area contributed by atoms with Gasteiger partial charge in [0.25, 0.3) is 17.4 Å². The van der Waals surface area contributed by atoms with Crippen LogP contribution in [0.25, 0.3) is 0 Å². The zero-order valence-corrected chi connectivity index (χ0v) is 23.6. The van der Waals surface area contributed by atoms with Crippen LogP contribution >= 0.6 is 0 Å². The van der Waals surface area contributed by atoms with Crippen molar-refractivity contribution in [3.8, 4) is 0 Å². The molecule has 1 aromatic carbocycles. The van der Waals surface area contributed by atoms with Gasteiger partial charge in [-0.15, -0.1) is 0 Å². The van der Waals surface area contributed by atoms with Crippen molar-refractivity contribution in [3.05, 3.63) is 75.7 Å². The number of aromatic nitrogens is 3. The first-order valence-electron chi connectivity index (χ1n) is 14.2. The lowest BCUT2D eigenvalue weighted by Crippen LogP contribution is -2.50. The van der Waals surface area contributed by atoms with Gasteiger partial charge >= 0.3 is 0 Å². The second-order valence-electron chi connectivity index (χ2n) is 11.8. The van der Waals surface area contributed by atoms with Crippen LogP contribution in [0.3, 0.4) is 0 Å². The standard InChI is InChI=1S/C30H33FN6O5/c1-15(2)37-22(10-11-33-37)27(39)35-25(24(16-4-5-16)17-6-7-17)28(40)34-19-8-9-20-23(13-19)36(3)29(41)30(20,42)21-12-18(31)14-32-26(21)38/h8-17,24-25,42H,4-7H2,1-3H3,(H,32,38)(H,34,40)(H,35,39)/t25-,30?/m0/s1. The summed E-state index contributed by atoms with van der Waals surface area (Å²) in [5.74, 6) is -1.70. The third-order valence-corrected chi connectivity index (χ3v) is 8.57. The highest BCUT2D eigenvalue weighted by Gasteiger charge is 2.52. The quantitative estimate of drug-likeness (QED) is 0.308. The summed E-state index contributed by atoms with van der Waals surface area (Å²) in [4.78, 5) is 56.3. The zero-order chi connectivity index (χ0) is 29.9. The van der Waals surface area contributed by atoms with Crippen LogP contribution in [0.2, 0.25) is 0 Å². The summed E-state index contributed by atoms with van der Waals surface area (Å²) >= 11 is 0. The maximum absolute atomic E-state index is 14.0. The lowest BCUT2D eigenvalue weighted by Gasteiger charge is -2.28. The first-order valence-corrected chi connectivity index (χ1v) is 14.2. The van der Waals surface area contributed by atoms with Crippen LogP contribution in [0, 0.1) is 23.6 Å². The lowest BCUT2D eigenvalue weighted by molar-refractivity contribution is -0.132. The molecule has 0 bridgehead atoms. The second kappa shape index (κ2) is 10.2. The summed E-state index contributed by atoms with van der Waals surface area (Å²) in [6.07, 6.45) is 6.44. The molecule has 2 saturated carbocycles. The van der Waals surface area contributed by atoms with E-state index in [1.54, 1.807) is 16.9 Å². The van der Waals surface area contributed by atoms with Crippen molar-refractivity contribution in [2.24, 2.45) is 17.8 Å². The van der Waals surface area contributed by atoms with Crippen LogP contribution in [-0.4, -0.2) is 50.7 Å². The van der Waals surface area contributed by atoms with Crippen LogP contribution in [-0.2, 0) is 15.2 Å². The predicted molar refractivity (Wildman–Crippen MR) is 151 cm³/mol. The van der Waals surface area contributed by atoms with E-state index in [1.807, 2.05) is 13.8 Å². The van der Waals surface area contributed by atoms with Gasteiger partial charge < -0.3 is 25.6 Å². The molecule has 11 nitrogen and oxygen atoms in total. The smallest absolute Gasteiger partial charge is 0.270 e. The maximum Gasteiger partial charge on any atom is 0.270 e. The SMILES string of the molecule is CC(C)n1nccc1C(=O)N[C@H](C(=O)Nc1ccc2c(c1)N(C)C(=O)C2(O)c1cc(F)c[nH]c1=O)C(C1CC1)C1CC1. The molecular formula is C30H33FN6O5. The van der Waals surface area contributed by atoms with Crippen LogP contribution < -0.4 is 21.1 Å². The first-order chi connectivity index (χ1) is 20.0. The van der Waals surface area contributed by atoms with Crippen molar-refractivity contribution in [3.63, 3.8) is 0 Å². The minimum Gasteiger partial charge on any atom is -0.371 e. The molecule has 2 aromatic heterocycles. The van der Waals surface area contributed by atoms with E-state index in [-0.39, 0.29) is 35.0 Å². The average molecular weight is 577 g/mol. The van der Waals surface area contributed by atoms with Gasteiger partial charge in [-0.1, -0.05) is 6.07 Å². The molecule has 2 atom stereocenters. The summed E-state index contributed by atoms with van der Waals surface area (Å²) in [6.45, 7) is 3.85. The first kappa shape index (κ1) is 27.8. The number of anilines is 2. The molecule has 3 amide bonds. The van der Waals surface area contributed by atoms with E-state index in [9.17, 15) is 28.7 Å². The fourth-order valence-electron chi connectivity index (χ4n) is 6.22. The molecule has 1 unspecified atom stereocenters. The summed E-state index contributed by atoms with van der Waals surface area (Å²) in [5, 5.41) is 21.6. The van der Waals surface area contributed by atoms with Crippen molar-refractivity contribution >= 4 is 29.1 Å². The van der Waals surface area contributed by atoms with Crippen molar-refractivity contribution in [2.75, 3.05) is 17.3 Å². The van der Waals surface area contributed by atoms with Gasteiger partial charge in [0.1, 0.15) is 17.6 Å². The number of hydrogen-bond acceptors (Lipinski definition) is 6. The van der Waals surface area contributed by atoms with Crippen molar-refractivity contribution in [1.82, 2.24) is 20.1 Å². The molecule has 3 heterocycles. The van der Waals surface area contributed by atoms with Gasteiger partial charge in [-0.3, -0.25) is 23.9 Å². The van der Waals surface area contributed by atoms with Gasteiger partial charge in [-0.05, 0) is 81.5 Å². The number of carbonyl (C=O) groups excluding carboxylic acids is 3. The molecule has 220 valence electrons. The monoisotopic (exact) mass is 576 g/mol. The van der Waals surface area contributed by atoms with Crippen molar-refractivity contribution in [2.45, 2.75) is 57.2 Å². The van der Waals surface area contributed by atoms with E-state index in [1.165, 1.54) is 30.1 Å². The number of hydrogen-bond donors (Lipinski definition) is 4. The van der Waals surface area contributed by atoms with Crippen molar-refractivity contribution in [1.29, 1.82) is 0 Å². The van der Waals surface area contributed by atoms with Crippen LogP contribution in [0.15, 0.2) is 47.5 Å². The summed E-state index contributed by atoms with van der Waals surface area (Å²) in [5.41, 5.74) is -2.58. The predicted octanol–water partition coefficient (Wildman–Crippen LogP) is 2.68. The number of rotatable bonds is 9. The molecule has 2 aliphatic carbocycles. The van der Waals surface area contributed by atoms with Crippen LogP contribution in [0.4, 0.5) is 15.8 Å². The Morgan fingerprint density at radius 2 is 1.79 bits per heavy atom. The Bertz CT molecular complexity index is 1630. The molecule has 4 N–H and O–H groups in total. The third kappa shape index (κ3) is 4.69. The Morgan fingerprint density at radius 1 is 1.10 bits per heavy atom. The van der Waals surface area contributed by atoms with E-state index >= 15 is 0 Å². The van der Waals surface area contributed by atoms with Gasteiger partial charge in [0.05, 0.1) is 11.3 Å². The Hall–Kier alpha value is -4.32.